The number of halogens is 1. The van der Waals surface area contributed by atoms with Gasteiger partial charge in [0.05, 0.1) is 19.1 Å². The molecular weight excluding hydrogens is 451 g/mol. The third-order valence-electron chi connectivity index (χ3n) is 5.74. The van der Waals surface area contributed by atoms with Gasteiger partial charge < -0.3 is 14.1 Å². The van der Waals surface area contributed by atoms with Gasteiger partial charge in [0.1, 0.15) is 18.1 Å². The second kappa shape index (κ2) is 9.46. The Labute approximate surface area is 200 Å². The lowest BCUT2D eigenvalue weighted by molar-refractivity contribution is -0.117. The van der Waals surface area contributed by atoms with Crippen LogP contribution in [-0.2, 0) is 4.79 Å². The summed E-state index contributed by atoms with van der Waals surface area (Å²) in [6.07, 6.45) is 4.87. The summed E-state index contributed by atoms with van der Waals surface area (Å²) in [4.78, 5) is 32.0. The summed E-state index contributed by atoms with van der Waals surface area (Å²) in [7, 11) is 1.59. The maximum Gasteiger partial charge on any atom is 0.290 e. The molecule has 0 saturated heterocycles. The molecule has 4 aromatic rings. The van der Waals surface area contributed by atoms with Gasteiger partial charge in [-0.05, 0) is 73.5 Å². The summed E-state index contributed by atoms with van der Waals surface area (Å²) in [5.74, 6) is 0.0707. The number of hydrogen-bond acceptors (Lipinski definition) is 5. The molecule has 0 unspecified atom stereocenters. The zero-order valence-corrected chi connectivity index (χ0v) is 19.0. The maximum atomic E-state index is 13.5. The number of furan rings is 1. The molecule has 0 bridgehead atoms. The van der Waals surface area contributed by atoms with E-state index in [1.54, 1.807) is 42.1 Å². The van der Waals surface area contributed by atoms with Crippen LogP contribution in [0, 0.1) is 5.82 Å². The number of methoxy groups -OCH3 is 1. The molecule has 178 valence electrons. The zero-order valence-electron chi connectivity index (χ0n) is 19.0. The smallest absolute Gasteiger partial charge is 0.290 e. The molecule has 0 radical (unpaired) electrons. The maximum absolute atomic E-state index is 13.5. The SMILES string of the molecule is COc1ccc(-c2cn(-c3ccc(F)cc3)c(NC(=O)CN(C(=O)c3ccco3)C3CC3)n2)cc1. The van der Waals surface area contributed by atoms with E-state index in [0.717, 1.165) is 18.4 Å². The van der Waals surface area contributed by atoms with Crippen LogP contribution in [0.4, 0.5) is 10.3 Å². The number of ether oxygens (including phenoxy) is 1. The number of hydrogen-bond donors (Lipinski definition) is 1. The lowest BCUT2D eigenvalue weighted by Gasteiger charge is -2.20. The summed E-state index contributed by atoms with van der Waals surface area (Å²) in [5, 5.41) is 2.82. The van der Waals surface area contributed by atoms with Crippen molar-refractivity contribution in [3.8, 4) is 22.7 Å². The number of rotatable bonds is 8. The molecule has 2 aromatic heterocycles. The van der Waals surface area contributed by atoms with E-state index in [4.69, 9.17) is 9.15 Å². The number of amides is 2. The summed E-state index contributed by atoms with van der Waals surface area (Å²) in [6, 6.07) is 16.5. The van der Waals surface area contributed by atoms with Crippen LogP contribution in [0.25, 0.3) is 16.9 Å². The average Bonchev–Trinajstić information content (AvgIpc) is 3.39. The summed E-state index contributed by atoms with van der Waals surface area (Å²) in [5.41, 5.74) is 2.05. The minimum atomic E-state index is -0.396. The highest BCUT2D eigenvalue weighted by Crippen LogP contribution is 2.29. The summed E-state index contributed by atoms with van der Waals surface area (Å²) < 4.78 is 25.6. The first-order valence-corrected chi connectivity index (χ1v) is 11.2. The van der Waals surface area contributed by atoms with Crippen LogP contribution < -0.4 is 10.1 Å². The van der Waals surface area contributed by atoms with E-state index in [0.29, 0.717) is 17.1 Å². The quantitative estimate of drug-likeness (QED) is 0.406. The lowest BCUT2D eigenvalue weighted by atomic mass is 10.1. The molecule has 1 aliphatic rings. The molecule has 9 heteroatoms. The number of carbonyl (C=O) groups is 2. The van der Waals surface area contributed by atoms with Crippen LogP contribution >= 0.6 is 0 Å². The fourth-order valence-electron chi connectivity index (χ4n) is 3.78. The van der Waals surface area contributed by atoms with E-state index in [9.17, 15) is 14.0 Å². The van der Waals surface area contributed by atoms with Crippen LogP contribution in [0.2, 0.25) is 0 Å². The van der Waals surface area contributed by atoms with Crippen LogP contribution in [0.3, 0.4) is 0 Å². The largest absolute Gasteiger partial charge is 0.497 e. The van der Waals surface area contributed by atoms with Crippen molar-refractivity contribution in [1.82, 2.24) is 14.5 Å². The normalized spacial score (nSPS) is 12.9. The van der Waals surface area contributed by atoms with E-state index in [1.807, 2.05) is 24.3 Å². The standard InChI is InChI=1S/C26H23FN4O4/c1-34-21-12-4-17(5-13-21)22-15-31(20-8-6-18(27)7-9-20)26(28-22)29-24(32)16-30(19-10-11-19)25(33)23-3-2-14-35-23/h2-9,12-15,19H,10-11,16H2,1H3,(H,28,29,32). The highest BCUT2D eigenvalue weighted by atomic mass is 19.1. The monoisotopic (exact) mass is 474 g/mol. The van der Waals surface area contributed by atoms with Gasteiger partial charge in [0, 0.05) is 23.5 Å². The third kappa shape index (κ3) is 4.93. The fraction of sp³-hybridized carbons (Fsp3) is 0.192. The zero-order chi connectivity index (χ0) is 24.4. The number of benzene rings is 2. The van der Waals surface area contributed by atoms with Crippen LogP contribution in [0.1, 0.15) is 23.4 Å². The van der Waals surface area contributed by atoms with Gasteiger partial charge in [0.15, 0.2) is 5.76 Å². The number of nitrogens with zero attached hydrogens (tertiary/aromatic N) is 3. The van der Waals surface area contributed by atoms with Gasteiger partial charge >= 0.3 is 0 Å². The van der Waals surface area contributed by atoms with Gasteiger partial charge in [-0.15, -0.1) is 0 Å². The Kier molecular flexibility index (Phi) is 6.05. The second-order valence-corrected chi connectivity index (χ2v) is 8.21. The Bertz CT molecular complexity index is 1330. The van der Waals surface area contributed by atoms with Crippen molar-refractivity contribution in [2.75, 3.05) is 19.0 Å². The van der Waals surface area contributed by atoms with Gasteiger partial charge in [-0.1, -0.05) is 0 Å². The molecule has 1 aliphatic carbocycles. The average molecular weight is 474 g/mol. The molecule has 1 N–H and O–H groups in total. The van der Waals surface area contributed by atoms with E-state index >= 15 is 0 Å². The molecule has 2 heterocycles. The number of carbonyl (C=O) groups excluding carboxylic acids is 2. The van der Waals surface area contributed by atoms with Crippen molar-refractivity contribution in [1.29, 1.82) is 0 Å². The molecule has 1 saturated carbocycles. The van der Waals surface area contributed by atoms with Crippen molar-refractivity contribution in [3.63, 3.8) is 0 Å². The van der Waals surface area contributed by atoms with E-state index in [1.165, 1.54) is 23.3 Å². The van der Waals surface area contributed by atoms with Crippen molar-refractivity contribution in [2.24, 2.45) is 0 Å². The van der Waals surface area contributed by atoms with Crippen LogP contribution in [-0.4, -0.2) is 46.0 Å². The first-order chi connectivity index (χ1) is 17.0. The van der Waals surface area contributed by atoms with Gasteiger partial charge in [-0.3, -0.25) is 19.5 Å². The van der Waals surface area contributed by atoms with E-state index in [2.05, 4.69) is 10.3 Å². The molecule has 8 nitrogen and oxygen atoms in total. The first-order valence-electron chi connectivity index (χ1n) is 11.2. The minimum absolute atomic E-state index is 0.00468. The number of anilines is 1. The molecular formula is C26H23FN4O4. The molecule has 35 heavy (non-hydrogen) atoms. The van der Waals surface area contributed by atoms with E-state index in [-0.39, 0.29) is 36.0 Å². The Morgan fingerprint density at radius 1 is 1.14 bits per heavy atom. The molecule has 0 spiro atoms. The van der Waals surface area contributed by atoms with Crippen molar-refractivity contribution >= 4 is 17.8 Å². The predicted molar refractivity (Wildman–Crippen MR) is 127 cm³/mol. The molecule has 5 rings (SSSR count). The first kappa shape index (κ1) is 22.4. The van der Waals surface area contributed by atoms with Gasteiger partial charge in [-0.25, -0.2) is 9.37 Å². The molecule has 2 aromatic carbocycles. The number of nitrogens with one attached hydrogen (secondary N) is 1. The molecule has 2 amide bonds. The molecule has 0 aliphatic heterocycles. The van der Waals surface area contributed by atoms with Crippen molar-refractivity contribution in [3.05, 3.63) is 84.7 Å². The van der Waals surface area contributed by atoms with Gasteiger partial charge in [0.2, 0.25) is 11.9 Å². The second-order valence-electron chi connectivity index (χ2n) is 8.21. The molecule has 1 fully saturated rings. The summed E-state index contributed by atoms with van der Waals surface area (Å²) in [6.45, 7) is -0.141. The van der Waals surface area contributed by atoms with Crippen LogP contribution in [0.5, 0.6) is 5.75 Å². The minimum Gasteiger partial charge on any atom is -0.497 e. The summed E-state index contributed by atoms with van der Waals surface area (Å²) >= 11 is 0. The predicted octanol–water partition coefficient (Wildman–Crippen LogP) is 4.52. The highest BCUT2D eigenvalue weighted by Gasteiger charge is 2.35. The lowest BCUT2D eigenvalue weighted by Crippen LogP contribution is -2.39. The van der Waals surface area contributed by atoms with Gasteiger partial charge in [-0.2, -0.15) is 0 Å². The highest BCUT2D eigenvalue weighted by molar-refractivity contribution is 5.98. The van der Waals surface area contributed by atoms with Crippen molar-refractivity contribution < 1.29 is 23.1 Å². The third-order valence-corrected chi connectivity index (χ3v) is 5.74. The van der Waals surface area contributed by atoms with E-state index < -0.39 is 5.91 Å². The topological polar surface area (TPSA) is 89.6 Å². The Morgan fingerprint density at radius 3 is 2.51 bits per heavy atom. The Hall–Kier alpha value is -4.40. The van der Waals surface area contributed by atoms with Crippen molar-refractivity contribution in [2.45, 2.75) is 18.9 Å². The Morgan fingerprint density at radius 2 is 1.89 bits per heavy atom. The number of imidazole rings is 1. The number of aromatic nitrogens is 2. The van der Waals surface area contributed by atoms with Gasteiger partial charge in [0.25, 0.3) is 5.91 Å². The Balaban J connectivity index is 1.42. The molecule has 0 atom stereocenters. The fourth-order valence-corrected chi connectivity index (χ4v) is 3.78. The van der Waals surface area contributed by atoms with Crippen LogP contribution in [0.15, 0.2) is 77.5 Å².